The monoisotopic (exact) mass is 281 g/mol. The van der Waals surface area contributed by atoms with Gasteiger partial charge in [0.15, 0.2) is 0 Å². The SMILES string of the molecule is CC.CC.CC#Cc1c[c-]ccc1/C=C\C.[CH3-].[V+2]. The minimum absolute atomic E-state index is 0. The molecule has 0 saturated carbocycles. The second-order valence-electron chi connectivity index (χ2n) is 2.39. The average molecular weight is 281 g/mol. The Kier molecular flexibility index (Phi) is 30.7. The Morgan fingerprint density at radius 2 is 1.72 bits per heavy atom. The molecular formula is C17H26V. The van der Waals surface area contributed by atoms with Gasteiger partial charge >= 0.3 is 18.6 Å². The molecule has 1 heteroatoms. The van der Waals surface area contributed by atoms with Gasteiger partial charge in [-0.05, 0) is 13.8 Å². The summed E-state index contributed by atoms with van der Waals surface area (Å²) in [4.78, 5) is 0. The summed E-state index contributed by atoms with van der Waals surface area (Å²) in [6.45, 7) is 11.8. The Morgan fingerprint density at radius 3 is 2.17 bits per heavy atom. The van der Waals surface area contributed by atoms with E-state index in [1.165, 1.54) is 0 Å². The summed E-state index contributed by atoms with van der Waals surface area (Å²) in [7, 11) is 0. The predicted molar refractivity (Wildman–Crippen MR) is 81.6 cm³/mol. The molecule has 0 aliphatic carbocycles. The molecule has 0 saturated heterocycles. The zero-order chi connectivity index (χ0) is 12.8. The smallest absolute Gasteiger partial charge is 0.358 e. The second-order valence-corrected chi connectivity index (χ2v) is 2.39. The maximum absolute atomic E-state index is 3.03. The Hall–Kier alpha value is -0.896. The minimum Gasteiger partial charge on any atom is -0.358 e. The largest absolute Gasteiger partial charge is 2.00 e. The molecular weight excluding hydrogens is 255 g/mol. The van der Waals surface area contributed by atoms with Gasteiger partial charge in [-0.2, -0.15) is 24.3 Å². The van der Waals surface area contributed by atoms with Crippen molar-refractivity contribution in [3.05, 3.63) is 48.9 Å². The molecule has 1 radical (unpaired) electrons. The molecule has 0 nitrogen and oxygen atoms in total. The quantitative estimate of drug-likeness (QED) is 0.478. The van der Waals surface area contributed by atoms with Gasteiger partial charge < -0.3 is 7.43 Å². The number of hydrogen-bond acceptors (Lipinski definition) is 0. The van der Waals surface area contributed by atoms with Crippen LogP contribution in [-0.4, -0.2) is 0 Å². The van der Waals surface area contributed by atoms with Gasteiger partial charge in [0.1, 0.15) is 0 Å². The normalized spacial score (nSPS) is 7.00. The molecule has 0 N–H and O–H groups in total. The molecule has 0 aliphatic rings. The number of rotatable bonds is 1. The van der Waals surface area contributed by atoms with Crippen molar-refractivity contribution in [2.24, 2.45) is 0 Å². The third kappa shape index (κ3) is 11.6. The van der Waals surface area contributed by atoms with Crippen molar-refractivity contribution in [3.63, 3.8) is 0 Å². The van der Waals surface area contributed by atoms with E-state index in [9.17, 15) is 0 Å². The van der Waals surface area contributed by atoms with Crippen molar-refractivity contribution in [2.75, 3.05) is 0 Å². The zero-order valence-electron chi connectivity index (χ0n) is 12.8. The van der Waals surface area contributed by atoms with Crippen molar-refractivity contribution in [2.45, 2.75) is 41.5 Å². The maximum Gasteiger partial charge on any atom is 2.00 e. The Morgan fingerprint density at radius 1 is 1.17 bits per heavy atom. The molecule has 0 spiro atoms. The van der Waals surface area contributed by atoms with Crippen LogP contribution >= 0.6 is 0 Å². The van der Waals surface area contributed by atoms with Crippen LogP contribution in [0.1, 0.15) is 52.7 Å². The molecule has 0 unspecified atom stereocenters. The van der Waals surface area contributed by atoms with Crippen LogP contribution in [0, 0.1) is 25.3 Å². The van der Waals surface area contributed by atoms with Gasteiger partial charge in [-0.1, -0.05) is 45.4 Å². The summed E-state index contributed by atoms with van der Waals surface area (Å²) in [5.74, 6) is 5.91. The van der Waals surface area contributed by atoms with E-state index in [2.05, 4.69) is 17.9 Å². The molecule has 1 rings (SSSR count). The van der Waals surface area contributed by atoms with Gasteiger partial charge in [0.2, 0.25) is 0 Å². The molecule has 1 aromatic carbocycles. The van der Waals surface area contributed by atoms with Gasteiger partial charge in [0, 0.05) is 0 Å². The molecule has 0 amide bonds. The summed E-state index contributed by atoms with van der Waals surface area (Å²) >= 11 is 0. The van der Waals surface area contributed by atoms with Crippen LogP contribution < -0.4 is 0 Å². The van der Waals surface area contributed by atoms with Crippen molar-refractivity contribution in [3.8, 4) is 11.8 Å². The first kappa shape index (κ1) is 25.8. The van der Waals surface area contributed by atoms with E-state index in [1.807, 2.05) is 71.9 Å². The standard InChI is InChI=1S/C12H11.2C2H6.CH3.V/c1-3-7-11-9-5-6-10-12(11)8-4-2;2*1-2;;/h3,5,7,9-10H,1-2H3;2*1-2H3;1H3;/q-1;;;-1;+2/b7-3-;;;;. The summed E-state index contributed by atoms with van der Waals surface area (Å²) in [6.07, 6.45) is 4.06. The molecule has 0 aliphatic heterocycles. The van der Waals surface area contributed by atoms with E-state index in [4.69, 9.17) is 0 Å². The Bertz CT molecular complexity index is 340. The molecule has 0 atom stereocenters. The Balaban J connectivity index is -0.000000149. The van der Waals surface area contributed by atoms with E-state index in [-0.39, 0.29) is 26.0 Å². The second kappa shape index (κ2) is 21.4. The number of allylic oxidation sites excluding steroid dienone is 1. The van der Waals surface area contributed by atoms with E-state index < -0.39 is 0 Å². The van der Waals surface area contributed by atoms with Crippen molar-refractivity contribution in [1.29, 1.82) is 0 Å². The maximum atomic E-state index is 3.03. The molecule has 0 bridgehead atoms. The topological polar surface area (TPSA) is 0 Å². The van der Waals surface area contributed by atoms with Crippen LogP contribution in [0.15, 0.2) is 24.3 Å². The predicted octanol–water partition coefficient (Wildman–Crippen LogP) is 5.39. The van der Waals surface area contributed by atoms with Crippen LogP contribution in [0.25, 0.3) is 6.08 Å². The molecule has 99 valence electrons. The number of hydrogen-bond donors (Lipinski definition) is 0. The number of benzene rings is 1. The minimum atomic E-state index is 0. The fraction of sp³-hybridized carbons (Fsp3) is 0.353. The molecule has 1 aromatic rings. The molecule has 0 heterocycles. The fourth-order valence-electron chi connectivity index (χ4n) is 1.01. The van der Waals surface area contributed by atoms with Crippen LogP contribution in [0.5, 0.6) is 0 Å². The molecule has 0 aromatic heterocycles. The van der Waals surface area contributed by atoms with Crippen molar-refractivity contribution >= 4 is 6.08 Å². The molecule has 18 heavy (non-hydrogen) atoms. The summed E-state index contributed by atoms with van der Waals surface area (Å²) in [5.41, 5.74) is 2.20. The van der Waals surface area contributed by atoms with E-state index in [1.54, 1.807) is 0 Å². The first-order valence-corrected chi connectivity index (χ1v) is 5.94. The van der Waals surface area contributed by atoms with Gasteiger partial charge in [0.25, 0.3) is 0 Å². The van der Waals surface area contributed by atoms with Crippen molar-refractivity contribution in [1.82, 2.24) is 0 Å². The van der Waals surface area contributed by atoms with Gasteiger partial charge in [-0.3, -0.25) is 0 Å². The van der Waals surface area contributed by atoms with Gasteiger partial charge in [0.05, 0.1) is 0 Å². The Labute approximate surface area is 127 Å². The summed E-state index contributed by atoms with van der Waals surface area (Å²) in [6, 6.07) is 8.83. The average Bonchev–Trinajstić information content (AvgIpc) is 2.37. The summed E-state index contributed by atoms with van der Waals surface area (Å²) < 4.78 is 0. The third-order valence-corrected chi connectivity index (χ3v) is 1.50. The zero-order valence-corrected chi connectivity index (χ0v) is 14.2. The summed E-state index contributed by atoms with van der Waals surface area (Å²) in [5, 5.41) is 0. The first-order valence-electron chi connectivity index (χ1n) is 5.94. The molecule has 0 fully saturated rings. The van der Waals surface area contributed by atoms with E-state index >= 15 is 0 Å². The third-order valence-electron chi connectivity index (χ3n) is 1.50. The van der Waals surface area contributed by atoms with Crippen LogP contribution in [0.4, 0.5) is 0 Å². The van der Waals surface area contributed by atoms with Crippen LogP contribution in [-0.2, 0) is 18.6 Å². The van der Waals surface area contributed by atoms with Crippen LogP contribution in [0.2, 0.25) is 0 Å². The van der Waals surface area contributed by atoms with Crippen LogP contribution in [0.3, 0.4) is 0 Å². The first-order chi connectivity index (χ1) is 7.88. The van der Waals surface area contributed by atoms with E-state index in [0.717, 1.165) is 11.1 Å². The fourth-order valence-corrected chi connectivity index (χ4v) is 1.01. The van der Waals surface area contributed by atoms with Gasteiger partial charge in [-0.25, -0.2) is 0 Å². The van der Waals surface area contributed by atoms with E-state index in [0.29, 0.717) is 0 Å². The van der Waals surface area contributed by atoms with Gasteiger partial charge in [-0.15, -0.1) is 17.4 Å². The van der Waals surface area contributed by atoms with Crippen molar-refractivity contribution < 1.29 is 18.6 Å².